The fourth-order valence-corrected chi connectivity index (χ4v) is 1.62. The molecule has 0 radical (unpaired) electrons. The van der Waals surface area contributed by atoms with Crippen LogP contribution in [-0.2, 0) is 9.59 Å². The van der Waals surface area contributed by atoms with Crippen molar-refractivity contribution in [1.29, 1.82) is 0 Å². The monoisotopic (exact) mass is 252 g/mol. The van der Waals surface area contributed by atoms with Gasteiger partial charge in [-0.25, -0.2) is 0 Å². The molecule has 7 heteroatoms. The number of anilines is 1. The summed E-state index contributed by atoms with van der Waals surface area (Å²) in [5.41, 5.74) is 5.67. The average molecular weight is 252 g/mol. The molecule has 0 atom stereocenters. The molecule has 0 spiro atoms. The third-order valence-corrected chi connectivity index (χ3v) is 2.44. The summed E-state index contributed by atoms with van der Waals surface area (Å²) < 4.78 is 10.3. The summed E-state index contributed by atoms with van der Waals surface area (Å²) in [7, 11) is 0. The molecule has 0 fully saturated rings. The molecule has 0 unspecified atom stereocenters. The van der Waals surface area contributed by atoms with Crippen LogP contribution >= 0.6 is 0 Å². The number of nitrogens with two attached hydrogens (primary N) is 1. The molecule has 7 nitrogen and oxygen atoms in total. The Morgan fingerprint density at radius 1 is 1.33 bits per heavy atom. The summed E-state index contributed by atoms with van der Waals surface area (Å²) in [6.07, 6.45) is 0. The van der Waals surface area contributed by atoms with Gasteiger partial charge in [-0.05, 0) is 12.1 Å². The van der Waals surface area contributed by atoms with Crippen molar-refractivity contribution in [3.63, 3.8) is 0 Å². The van der Waals surface area contributed by atoms with Crippen LogP contribution in [0.1, 0.15) is 0 Å². The van der Waals surface area contributed by atoms with E-state index in [4.69, 9.17) is 20.3 Å². The van der Waals surface area contributed by atoms with Gasteiger partial charge in [-0.2, -0.15) is 0 Å². The highest BCUT2D eigenvalue weighted by atomic mass is 16.7. The van der Waals surface area contributed by atoms with Crippen molar-refractivity contribution < 1.29 is 24.2 Å². The first-order valence-electron chi connectivity index (χ1n) is 5.23. The van der Waals surface area contributed by atoms with E-state index in [0.29, 0.717) is 17.2 Å². The van der Waals surface area contributed by atoms with E-state index >= 15 is 0 Å². The summed E-state index contributed by atoms with van der Waals surface area (Å²) in [4.78, 5) is 23.4. The summed E-state index contributed by atoms with van der Waals surface area (Å²) in [6.45, 7) is -0.597. The Morgan fingerprint density at radius 3 is 2.72 bits per heavy atom. The van der Waals surface area contributed by atoms with Crippen molar-refractivity contribution in [3.05, 3.63) is 18.2 Å². The second kappa shape index (κ2) is 4.92. The minimum Gasteiger partial charge on any atom is -0.480 e. The van der Waals surface area contributed by atoms with Gasteiger partial charge in [0.05, 0.1) is 6.54 Å². The maximum atomic E-state index is 11.6. The Bertz CT molecular complexity index is 488. The number of rotatable bonds is 4. The number of nitrogens with zero attached hydrogens (tertiary/aromatic N) is 1. The zero-order valence-corrected chi connectivity index (χ0v) is 9.46. The number of ether oxygens (including phenoxy) is 2. The molecule has 2 rings (SSSR count). The number of aliphatic carboxylic acids is 1. The minimum absolute atomic E-state index is 0.114. The first-order chi connectivity index (χ1) is 8.61. The lowest BCUT2D eigenvalue weighted by Crippen LogP contribution is -2.39. The van der Waals surface area contributed by atoms with E-state index in [1.807, 2.05) is 0 Å². The molecule has 1 aliphatic heterocycles. The zero-order valence-electron chi connectivity index (χ0n) is 9.46. The number of amides is 1. The van der Waals surface area contributed by atoms with Gasteiger partial charge in [0.2, 0.25) is 12.7 Å². The van der Waals surface area contributed by atoms with Gasteiger partial charge in [-0.1, -0.05) is 0 Å². The lowest BCUT2D eigenvalue weighted by molar-refractivity contribution is -0.136. The normalized spacial score (nSPS) is 12.3. The summed E-state index contributed by atoms with van der Waals surface area (Å²) in [5.74, 6) is -0.548. The van der Waals surface area contributed by atoms with Gasteiger partial charge in [-0.15, -0.1) is 0 Å². The second-order valence-electron chi connectivity index (χ2n) is 3.62. The van der Waals surface area contributed by atoms with Gasteiger partial charge < -0.3 is 20.3 Å². The van der Waals surface area contributed by atoms with Crippen LogP contribution in [0.5, 0.6) is 11.5 Å². The van der Waals surface area contributed by atoms with E-state index in [0.717, 1.165) is 4.90 Å². The smallest absolute Gasteiger partial charge is 0.323 e. The van der Waals surface area contributed by atoms with Crippen LogP contribution in [0.3, 0.4) is 0 Å². The van der Waals surface area contributed by atoms with E-state index in [-0.39, 0.29) is 13.3 Å². The molecule has 1 aromatic rings. The van der Waals surface area contributed by atoms with Crippen LogP contribution in [0.25, 0.3) is 0 Å². The number of hydrogen-bond donors (Lipinski definition) is 2. The van der Waals surface area contributed by atoms with Gasteiger partial charge in [0, 0.05) is 11.8 Å². The second-order valence-corrected chi connectivity index (χ2v) is 3.62. The van der Waals surface area contributed by atoms with Gasteiger partial charge in [0.15, 0.2) is 11.5 Å². The van der Waals surface area contributed by atoms with Gasteiger partial charge in [-0.3, -0.25) is 14.5 Å². The van der Waals surface area contributed by atoms with Gasteiger partial charge in [0.1, 0.15) is 6.54 Å². The van der Waals surface area contributed by atoms with Crippen molar-refractivity contribution in [1.82, 2.24) is 0 Å². The first kappa shape index (κ1) is 12.2. The van der Waals surface area contributed by atoms with Crippen LogP contribution in [0, 0.1) is 0 Å². The zero-order chi connectivity index (χ0) is 13.1. The SMILES string of the molecule is NCC(=O)N(CC(=O)O)c1ccc2c(c1)OCO2. The predicted molar refractivity (Wildman–Crippen MR) is 61.6 cm³/mol. The molecule has 0 aromatic heterocycles. The maximum Gasteiger partial charge on any atom is 0.323 e. The standard InChI is InChI=1S/C11H12N2O5/c12-4-10(14)13(5-11(15)16)7-1-2-8-9(3-7)18-6-17-8/h1-3H,4-6,12H2,(H,15,16). The molecular formula is C11H12N2O5. The topological polar surface area (TPSA) is 102 Å². The van der Waals surface area contributed by atoms with E-state index < -0.39 is 18.4 Å². The maximum absolute atomic E-state index is 11.6. The number of carbonyl (C=O) groups is 2. The number of carboxylic acid groups (broad SMARTS) is 1. The van der Waals surface area contributed by atoms with Gasteiger partial charge >= 0.3 is 5.97 Å². The van der Waals surface area contributed by atoms with Crippen LogP contribution in [-0.4, -0.2) is 36.9 Å². The van der Waals surface area contributed by atoms with Crippen LogP contribution in [0.4, 0.5) is 5.69 Å². The van der Waals surface area contributed by atoms with Gasteiger partial charge in [0.25, 0.3) is 0 Å². The molecule has 96 valence electrons. The van der Waals surface area contributed by atoms with E-state index in [2.05, 4.69) is 0 Å². The van der Waals surface area contributed by atoms with E-state index in [9.17, 15) is 9.59 Å². The number of fused-ring (bicyclic) bond motifs is 1. The van der Waals surface area contributed by atoms with Crippen molar-refractivity contribution in [2.45, 2.75) is 0 Å². The molecule has 1 amide bonds. The summed E-state index contributed by atoms with van der Waals surface area (Å²) in [6, 6.07) is 4.76. The quantitative estimate of drug-likeness (QED) is 0.768. The number of benzene rings is 1. The number of carbonyl (C=O) groups excluding carboxylic acids is 1. The van der Waals surface area contributed by atoms with E-state index in [1.165, 1.54) is 0 Å². The predicted octanol–water partition coefficient (Wildman–Crippen LogP) is -0.208. The third-order valence-electron chi connectivity index (χ3n) is 2.44. The molecule has 0 bridgehead atoms. The Hall–Kier alpha value is -2.28. The molecule has 18 heavy (non-hydrogen) atoms. The fourth-order valence-electron chi connectivity index (χ4n) is 1.62. The third kappa shape index (κ3) is 2.35. The molecule has 0 aliphatic carbocycles. The molecule has 1 aromatic carbocycles. The largest absolute Gasteiger partial charge is 0.480 e. The van der Waals surface area contributed by atoms with Crippen molar-refractivity contribution in [2.75, 3.05) is 24.8 Å². The lowest BCUT2D eigenvalue weighted by Gasteiger charge is -2.20. The van der Waals surface area contributed by atoms with Crippen molar-refractivity contribution >= 4 is 17.6 Å². The molecule has 0 saturated heterocycles. The average Bonchev–Trinajstić information content (AvgIpc) is 2.81. The molecule has 3 N–H and O–H groups in total. The molecular weight excluding hydrogens is 240 g/mol. The highest BCUT2D eigenvalue weighted by Gasteiger charge is 2.21. The lowest BCUT2D eigenvalue weighted by atomic mass is 10.2. The van der Waals surface area contributed by atoms with Crippen LogP contribution in [0.2, 0.25) is 0 Å². The van der Waals surface area contributed by atoms with Crippen molar-refractivity contribution in [3.8, 4) is 11.5 Å². The fraction of sp³-hybridized carbons (Fsp3) is 0.273. The Kier molecular flexibility index (Phi) is 3.33. The Morgan fingerprint density at radius 2 is 2.06 bits per heavy atom. The highest BCUT2D eigenvalue weighted by molar-refractivity contribution is 5.98. The van der Waals surface area contributed by atoms with Crippen LogP contribution < -0.4 is 20.1 Å². The number of hydrogen-bond acceptors (Lipinski definition) is 5. The highest BCUT2D eigenvalue weighted by Crippen LogP contribution is 2.35. The summed E-state index contributed by atoms with van der Waals surface area (Å²) in [5, 5.41) is 8.79. The first-order valence-corrected chi connectivity index (χ1v) is 5.23. The molecule has 1 heterocycles. The minimum atomic E-state index is -1.12. The Labute approximate surface area is 103 Å². The Balaban J connectivity index is 2.30. The van der Waals surface area contributed by atoms with E-state index in [1.54, 1.807) is 18.2 Å². The van der Waals surface area contributed by atoms with Crippen LogP contribution in [0.15, 0.2) is 18.2 Å². The van der Waals surface area contributed by atoms with Crippen molar-refractivity contribution in [2.24, 2.45) is 5.73 Å². The number of carboxylic acids is 1. The molecule has 1 aliphatic rings. The summed E-state index contributed by atoms with van der Waals surface area (Å²) >= 11 is 0. The molecule has 0 saturated carbocycles.